The summed E-state index contributed by atoms with van der Waals surface area (Å²) in [6.45, 7) is 1.45. The quantitative estimate of drug-likeness (QED) is 0.251. The maximum atomic E-state index is 15.2. The number of hydrogen-bond donors (Lipinski definition) is 1. The molecule has 13 heteroatoms. The van der Waals surface area contributed by atoms with Gasteiger partial charge in [-0.3, -0.25) is 0 Å². The van der Waals surface area contributed by atoms with E-state index in [1.807, 2.05) is 0 Å². The van der Waals surface area contributed by atoms with Crippen molar-refractivity contribution < 1.29 is 32.1 Å². The van der Waals surface area contributed by atoms with Crippen molar-refractivity contribution in [1.82, 2.24) is 29.5 Å². The van der Waals surface area contributed by atoms with Crippen LogP contribution in [0.15, 0.2) is 36.8 Å². The summed E-state index contributed by atoms with van der Waals surface area (Å²) >= 11 is 0. The molecule has 1 aromatic carbocycles. The summed E-state index contributed by atoms with van der Waals surface area (Å²) in [5.41, 5.74) is 0.910. The Kier molecular flexibility index (Phi) is 6.84. The minimum atomic E-state index is -4.63. The number of hydrogen-bond acceptors (Lipinski definition) is 8. The molecule has 3 aromatic heterocycles. The molecule has 0 aliphatic heterocycles. The van der Waals surface area contributed by atoms with Crippen molar-refractivity contribution in [2.75, 3.05) is 7.11 Å². The lowest BCUT2D eigenvalue weighted by atomic mass is 10.1. The first kappa shape index (κ1) is 27.1. The maximum Gasteiger partial charge on any atom is 0.434 e. The van der Waals surface area contributed by atoms with Gasteiger partial charge in [0.1, 0.15) is 30.1 Å². The Labute approximate surface area is 232 Å². The lowest BCUT2D eigenvalue weighted by Crippen LogP contribution is -2.07. The number of aliphatic hydroxyl groups excluding tert-OH is 1. The zero-order valence-electron chi connectivity index (χ0n) is 22.2. The Morgan fingerprint density at radius 2 is 1.85 bits per heavy atom. The topological polar surface area (TPSA) is 108 Å². The van der Waals surface area contributed by atoms with Gasteiger partial charge in [-0.25, -0.2) is 24.3 Å². The molecule has 2 aliphatic carbocycles. The molecule has 214 valence electrons. The Morgan fingerprint density at radius 3 is 2.49 bits per heavy atom. The Bertz CT molecular complexity index is 1600. The number of alkyl halides is 3. The van der Waals surface area contributed by atoms with Crippen LogP contribution in [-0.4, -0.2) is 41.7 Å². The molecule has 1 unspecified atom stereocenters. The van der Waals surface area contributed by atoms with Crippen LogP contribution in [0.2, 0.25) is 0 Å². The molecule has 4 aromatic rings. The summed E-state index contributed by atoms with van der Waals surface area (Å²) in [7, 11) is 1.48. The van der Waals surface area contributed by atoms with Gasteiger partial charge in [-0.05, 0) is 50.3 Å². The summed E-state index contributed by atoms with van der Waals surface area (Å²) in [4.78, 5) is 21.3. The van der Waals surface area contributed by atoms with Gasteiger partial charge in [-0.1, -0.05) is 6.07 Å². The number of benzene rings is 1. The fraction of sp³-hybridized carbons (Fsp3) is 0.393. The minimum absolute atomic E-state index is 0.0272. The molecular weight excluding hydrogens is 544 g/mol. The molecule has 1 N–H and O–H groups in total. The van der Waals surface area contributed by atoms with E-state index in [9.17, 15) is 18.3 Å². The average molecular weight is 571 g/mol. The lowest BCUT2D eigenvalue weighted by Gasteiger charge is -2.14. The molecule has 41 heavy (non-hydrogen) atoms. The molecule has 1 atom stereocenters. The van der Waals surface area contributed by atoms with E-state index in [-0.39, 0.29) is 41.7 Å². The van der Waals surface area contributed by atoms with Crippen LogP contribution in [0.4, 0.5) is 17.6 Å². The Morgan fingerprint density at radius 1 is 1.07 bits per heavy atom. The molecule has 0 spiro atoms. The van der Waals surface area contributed by atoms with E-state index in [4.69, 9.17) is 9.47 Å². The summed E-state index contributed by atoms with van der Waals surface area (Å²) in [5, 5.41) is 10.3. The number of aromatic nitrogens is 6. The monoisotopic (exact) mass is 570 g/mol. The first-order chi connectivity index (χ1) is 19.6. The highest BCUT2D eigenvalue weighted by molar-refractivity contribution is 5.66. The summed E-state index contributed by atoms with van der Waals surface area (Å²) in [6, 6.07) is 5.52. The molecule has 0 amide bonds. The smallest absolute Gasteiger partial charge is 0.434 e. The van der Waals surface area contributed by atoms with Gasteiger partial charge in [-0.15, -0.1) is 0 Å². The average Bonchev–Trinajstić information content (AvgIpc) is 3.89. The Balaban J connectivity index is 1.28. The van der Waals surface area contributed by atoms with Crippen molar-refractivity contribution in [3.8, 4) is 34.5 Å². The molecule has 0 radical (unpaired) electrons. The van der Waals surface area contributed by atoms with Gasteiger partial charge in [-0.2, -0.15) is 18.2 Å². The molecule has 0 bridgehead atoms. The van der Waals surface area contributed by atoms with Crippen LogP contribution >= 0.6 is 0 Å². The van der Waals surface area contributed by atoms with Crippen LogP contribution in [0.5, 0.6) is 11.8 Å². The highest BCUT2D eigenvalue weighted by Crippen LogP contribution is 2.45. The van der Waals surface area contributed by atoms with Crippen LogP contribution in [0, 0.1) is 5.82 Å². The minimum Gasteiger partial charge on any atom is -0.480 e. The van der Waals surface area contributed by atoms with Gasteiger partial charge in [0.05, 0.1) is 30.2 Å². The Hall–Kier alpha value is -4.13. The standard InChI is InChI=1S/C28H26F4N6O3/c1-14(39)20-10-22(37-25(35-20)23-24(16-4-5-16)33-13-34-27(23)40-2)41-12-15-3-8-18(19(29)9-15)26-36-21(28(30,31)32)11-38(26)17-6-7-17/h3,8-11,13-14,16-17,39H,4-7,12H2,1-2H3. The molecule has 2 fully saturated rings. The number of nitrogens with zero attached hydrogens (tertiary/aromatic N) is 6. The predicted octanol–water partition coefficient (Wildman–Crippen LogP) is 5.81. The predicted molar refractivity (Wildman–Crippen MR) is 137 cm³/mol. The molecule has 2 aliphatic rings. The first-order valence-electron chi connectivity index (χ1n) is 13.2. The number of methoxy groups -OCH3 is 1. The normalized spacial score (nSPS) is 16.1. The van der Waals surface area contributed by atoms with Crippen LogP contribution in [0.25, 0.3) is 22.8 Å². The summed E-state index contributed by atoms with van der Waals surface area (Å²) in [6.07, 6.45) is 0.157. The van der Waals surface area contributed by atoms with E-state index >= 15 is 4.39 Å². The zero-order chi connectivity index (χ0) is 28.9. The first-order valence-corrected chi connectivity index (χ1v) is 13.2. The van der Waals surface area contributed by atoms with E-state index in [0.717, 1.165) is 24.7 Å². The molecule has 2 saturated carbocycles. The molecule has 3 heterocycles. The largest absolute Gasteiger partial charge is 0.480 e. The van der Waals surface area contributed by atoms with Crippen molar-refractivity contribution in [1.29, 1.82) is 0 Å². The maximum absolute atomic E-state index is 15.2. The fourth-order valence-electron chi connectivity index (χ4n) is 4.60. The van der Waals surface area contributed by atoms with E-state index in [2.05, 4.69) is 24.9 Å². The molecule has 9 nitrogen and oxygen atoms in total. The van der Waals surface area contributed by atoms with Gasteiger partial charge >= 0.3 is 6.18 Å². The fourth-order valence-corrected chi connectivity index (χ4v) is 4.60. The second kappa shape index (κ2) is 10.4. The van der Waals surface area contributed by atoms with Gasteiger partial charge in [0.2, 0.25) is 11.8 Å². The summed E-state index contributed by atoms with van der Waals surface area (Å²) in [5.74, 6) is 0.104. The van der Waals surface area contributed by atoms with Gasteiger partial charge in [0, 0.05) is 24.2 Å². The second-order valence-corrected chi connectivity index (χ2v) is 10.2. The SMILES string of the molecule is COc1ncnc(C2CC2)c1-c1nc(OCc2ccc(-c3nc(C(F)(F)F)cn3C3CC3)c(F)c2)cc(C(C)O)n1. The highest BCUT2D eigenvalue weighted by atomic mass is 19.4. The lowest BCUT2D eigenvalue weighted by molar-refractivity contribution is -0.140. The van der Waals surface area contributed by atoms with Crippen molar-refractivity contribution >= 4 is 0 Å². The third kappa shape index (κ3) is 5.58. The van der Waals surface area contributed by atoms with Crippen molar-refractivity contribution in [2.45, 2.75) is 63.5 Å². The number of rotatable bonds is 9. The van der Waals surface area contributed by atoms with Crippen LogP contribution in [-0.2, 0) is 12.8 Å². The number of imidazole rings is 1. The summed E-state index contributed by atoms with van der Waals surface area (Å²) < 4.78 is 67.9. The molecular formula is C28H26F4N6O3. The van der Waals surface area contributed by atoms with E-state index in [0.29, 0.717) is 35.5 Å². The van der Waals surface area contributed by atoms with Crippen molar-refractivity contribution in [3.63, 3.8) is 0 Å². The van der Waals surface area contributed by atoms with E-state index < -0.39 is 23.8 Å². The van der Waals surface area contributed by atoms with Crippen molar-refractivity contribution in [2.24, 2.45) is 0 Å². The van der Waals surface area contributed by atoms with Crippen LogP contribution in [0.3, 0.4) is 0 Å². The number of aliphatic hydroxyl groups is 1. The highest BCUT2D eigenvalue weighted by Gasteiger charge is 2.38. The third-order valence-electron chi connectivity index (χ3n) is 7.00. The van der Waals surface area contributed by atoms with E-state index in [1.54, 1.807) is 13.0 Å². The van der Waals surface area contributed by atoms with Gasteiger partial charge in [0.25, 0.3) is 0 Å². The number of ether oxygens (including phenoxy) is 2. The van der Waals surface area contributed by atoms with Crippen LogP contribution in [0.1, 0.15) is 73.3 Å². The third-order valence-corrected chi connectivity index (χ3v) is 7.00. The molecule has 0 saturated heterocycles. The van der Waals surface area contributed by atoms with Crippen LogP contribution < -0.4 is 9.47 Å². The number of halogens is 4. The molecule has 6 rings (SSSR count). The van der Waals surface area contributed by atoms with Gasteiger partial charge in [0.15, 0.2) is 11.5 Å². The van der Waals surface area contributed by atoms with E-state index in [1.165, 1.54) is 36.2 Å². The van der Waals surface area contributed by atoms with Gasteiger partial charge < -0.3 is 19.1 Å². The second-order valence-electron chi connectivity index (χ2n) is 10.2. The zero-order valence-corrected chi connectivity index (χ0v) is 22.2. The van der Waals surface area contributed by atoms with Crippen molar-refractivity contribution in [3.05, 3.63) is 65.3 Å².